The smallest absolute Gasteiger partial charge is 0.223 e. The van der Waals surface area contributed by atoms with Crippen LogP contribution in [0.25, 0.3) is 0 Å². The number of rotatable bonds is 3. The highest BCUT2D eigenvalue weighted by molar-refractivity contribution is 6.29. The maximum absolute atomic E-state index is 5.80. The third kappa shape index (κ3) is 2.71. The molecule has 0 spiro atoms. The van der Waals surface area contributed by atoms with Gasteiger partial charge in [-0.2, -0.15) is 0 Å². The Balaban J connectivity index is 2.35. The molecule has 5 heteroatoms. The Hall–Kier alpha value is -1.81. The molecule has 2 aromatic rings. The SMILES string of the molecule is CNc1cc(C)c(Oc2cc(Cl)ncn2)c(C)c1. The van der Waals surface area contributed by atoms with E-state index in [2.05, 4.69) is 15.3 Å². The summed E-state index contributed by atoms with van der Waals surface area (Å²) in [6.45, 7) is 3.98. The van der Waals surface area contributed by atoms with Crippen LogP contribution in [0.3, 0.4) is 0 Å². The zero-order chi connectivity index (χ0) is 13.1. The summed E-state index contributed by atoms with van der Waals surface area (Å²) in [4.78, 5) is 7.84. The van der Waals surface area contributed by atoms with Gasteiger partial charge in [0.05, 0.1) is 0 Å². The van der Waals surface area contributed by atoms with E-state index in [4.69, 9.17) is 16.3 Å². The van der Waals surface area contributed by atoms with Crippen LogP contribution in [0.5, 0.6) is 11.6 Å². The molecule has 0 unspecified atom stereocenters. The van der Waals surface area contributed by atoms with E-state index >= 15 is 0 Å². The Labute approximate surface area is 111 Å². The number of benzene rings is 1. The van der Waals surface area contributed by atoms with Crippen molar-refractivity contribution in [2.24, 2.45) is 0 Å². The molecular formula is C13H14ClN3O. The van der Waals surface area contributed by atoms with Crippen LogP contribution >= 0.6 is 11.6 Å². The number of nitrogens with zero attached hydrogens (tertiary/aromatic N) is 2. The number of aromatic nitrogens is 2. The van der Waals surface area contributed by atoms with Gasteiger partial charge in [-0.25, -0.2) is 9.97 Å². The van der Waals surface area contributed by atoms with E-state index in [-0.39, 0.29) is 0 Å². The molecule has 2 rings (SSSR count). The van der Waals surface area contributed by atoms with Crippen LogP contribution in [-0.4, -0.2) is 17.0 Å². The molecule has 1 aromatic carbocycles. The van der Waals surface area contributed by atoms with E-state index in [9.17, 15) is 0 Å². The molecule has 4 nitrogen and oxygen atoms in total. The molecule has 0 bridgehead atoms. The van der Waals surface area contributed by atoms with Gasteiger partial charge in [0.1, 0.15) is 17.2 Å². The van der Waals surface area contributed by atoms with Gasteiger partial charge in [0.2, 0.25) is 5.88 Å². The summed E-state index contributed by atoms with van der Waals surface area (Å²) in [5, 5.41) is 3.47. The van der Waals surface area contributed by atoms with Gasteiger partial charge in [-0.1, -0.05) is 11.6 Å². The Morgan fingerprint density at radius 2 is 1.78 bits per heavy atom. The van der Waals surface area contributed by atoms with Crippen molar-refractivity contribution in [3.8, 4) is 11.6 Å². The first-order valence-electron chi connectivity index (χ1n) is 5.54. The predicted molar refractivity (Wildman–Crippen MR) is 72.6 cm³/mol. The number of halogens is 1. The lowest BCUT2D eigenvalue weighted by Crippen LogP contribution is -1.96. The summed E-state index contributed by atoms with van der Waals surface area (Å²) in [5.74, 6) is 1.24. The summed E-state index contributed by atoms with van der Waals surface area (Å²) in [5.41, 5.74) is 3.13. The normalized spacial score (nSPS) is 10.2. The second-order valence-electron chi connectivity index (χ2n) is 3.97. The van der Waals surface area contributed by atoms with Crippen LogP contribution in [0, 0.1) is 13.8 Å². The highest BCUT2D eigenvalue weighted by atomic mass is 35.5. The van der Waals surface area contributed by atoms with Crippen LogP contribution in [0.15, 0.2) is 24.5 Å². The molecule has 0 radical (unpaired) electrons. The highest BCUT2D eigenvalue weighted by Crippen LogP contribution is 2.30. The third-order valence-corrected chi connectivity index (χ3v) is 2.77. The van der Waals surface area contributed by atoms with Gasteiger partial charge >= 0.3 is 0 Å². The summed E-state index contributed by atoms with van der Waals surface area (Å²) in [6.07, 6.45) is 1.38. The Morgan fingerprint density at radius 1 is 1.11 bits per heavy atom. The minimum atomic E-state index is 0.363. The van der Waals surface area contributed by atoms with E-state index in [1.807, 2.05) is 33.0 Å². The summed E-state index contributed by atoms with van der Waals surface area (Å²) in [7, 11) is 1.89. The van der Waals surface area contributed by atoms with E-state index in [0.29, 0.717) is 11.0 Å². The predicted octanol–water partition coefficient (Wildman–Crippen LogP) is 3.58. The van der Waals surface area contributed by atoms with Gasteiger partial charge < -0.3 is 10.1 Å². The molecule has 0 saturated heterocycles. The fraction of sp³-hybridized carbons (Fsp3) is 0.231. The first-order valence-corrected chi connectivity index (χ1v) is 5.92. The van der Waals surface area contributed by atoms with E-state index in [0.717, 1.165) is 22.6 Å². The van der Waals surface area contributed by atoms with Crippen molar-refractivity contribution in [1.29, 1.82) is 0 Å². The van der Waals surface area contributed by atoms with Crippen molar-refractivity contribution in [1.82, 2.24) is 9.97 Å². The topological polar surface area (TPSA) is 47.0 Å². The lowest BCUT2D eigenvalue weighted by atomic mass is 10.1. The minimum absolute atomic E-state index is 0.363. The zero-order valence-corrected chi connectivity index (χ0v) is 11.2. The lowest BCUT2D eigenvalue weighted by molar-refractivity contribution is 0.455. The molecule has 94 valence electrons. The molecule has 1 aromatic heterocycles. The number of hydrogen-bond acceptors (Lipinski definition) is 4. The minimum Gasteiger partial charge on any atom is -0.438 e. The second-order valence-corrected chi connectivity index (χ2v) is 4.36. The van der Waals surface area contributed by atoms with Crippen LogP contribution < -0.4 is 10.1 Å². The largest absolute Gasteiger partial charge is 0.438 e. The molecule has 0 saturated carbocycles. The molecule has 0 fully saturated rings. The molecule has 0 aliphatic heterocycles. The summed E-state index contributed by atoms with van der Waals surface area (Å²) >= 11 is 5.80. The quantitative estimate of drug-likeness (QED) is 0.860. The van der Waals surface area contributed by atoms with Gasteiger partial charge in [0, 0.05) is 18.8 Å². The standard InChI is InChI=1S/C13H14ClN3O/c1-8-4-10(15-3)5-9(2)13(8)18-12-6-11(14)16-7-17-12/h4-7,15H,1-3H3. The maximum Gasteiger partial charge on any atom is 0.223 e. The fourth-order valence-electron chi connectivity index (χ4n) is 1.73. The Kier molecular flexibility index (Phi) is 3.67. The number of ether oxygens (including phenoxy) is 1. The molecule has 0 aliphatic rings. The molecule has 1 N–H and O–H groups in total. The van der Waals surface area contributed by atoms with Crippen molar-refractivity contribution in [3.05, 3.63) is 40.8 Å². The number of hydrogen-bond donors (Lipinski definition) is 1. The number of aryl methyl sites for hydroxylation is 2. The average Bonchev–Trinajstić information content (AvgIpc) is 2.33. The maximum atomic E-state index is 5.80. The molecule has 0 atom stereocenters. The average molecular weight is 264 g/mol. The van der Waals surface area contributed by atoms with Crippen molar-refractivity contribution in [3.63, 3.8) is 0 Å². The van der Waals surface area contributed by atoms with Crippen LogP contribution in [0.1, 0.15) is 11.1 Å². The Bertz CT molecular complexity index is 549. The van der Waals surface area contributed by atoms with Crippen molar-refractivity contribution in [2.75, 3.05) is 12.4 Å². The third-order valence-electron chi connectivity index (χ3n) is 2.56. The number of anilines is 1. The molecule has 0 amide bonds. The first-order chi connectivity index (χ1) is 8.60. The molecular weight excluding hydrogens is 250 g/mol. The van der Waals surface area contributed by atoms with Crippen LogP contribution in [0.4, 0.5) is 5.69 Å². The monoisotopic (exact) mass is 263 g/mol. The Morgan fingerprint density at radius 3 is 2.33 bits per heavy atom. The van der Waals surface area contributed by atoms with E-state index in [1.54, 1.807) is 6.07 Å². The second kappa shape index (κ2) is 5.23. The fourth-order valence-corrected chi connectivity index (χ4v) is 1.87. The zero-order valence-electron chi connectivity index (χ0n) is 10.5. The van der Waals surface area contributed by atoms with Crippen molar-refractivity contribution in [2.45, 2.75) is 13.8 Å². The first kappa shape index (κ1) is 12.6. The summed E-state index contributed by atoms with van der Waals surface area (Å²) < 4.78 is 5.76. The molecule has 1 heterocycles. The van der Waals surface area contributed by atoms with E-state index < -0.39 is 0 Å². The number of nitrogens with one attached hydrogen (secondary N) is 1. The van der Waals surface area contributed by atoms with Crippen molar-refractivity contribution < 1.29 is 4.74 Å². The van der Waals surface area contributed by atoms with Gasteiger partial charge in [-0.15, -0.1) is 0 Å². The highest BCUT2D eigenvalue weighted by Gasteiger charge is 2.08. The van der Waals surface area contributed by atoms with Gasteiger partial charge in [-0.05, 0) is 37.1 Å². The van der Waals surface area contributed by atoms with E-state index in [1.165, 1.54) is 6.33 Å². The van der Waals surface area contributed by atoms with Gasteiger partial charge in [0.25, 0.3) is 0 Å². The van der Waals surface area contributed by atoms with Crippen LogP contribution in [-0.2, 0) is 0 Å². The molecule has 18 heavy (non-hydrogen) atoms. The van der Waals surface area contributed by atoms with Crippen LogP contribution in [0.2, 0.25) is 5.15 Å². The lowest BCUT2D eigenvalue weighted by Gasteiger charge is -2.13. The molecule has 0 aliphatic carbocycles. The summed E-state index contributed by atoms with van der Waals surface area (Å²) in [6, 6.07) is 5.63. The van der Waals surface area contributed by atoms with Gasteiger partial charge in [-0.3, -0.25) is 0 Å². The van der Waals surface area contributed by atoms with Gasteiger partial charge in [0.15, 0.2) is 0 Å². The van der Waals surface area contributed by atoms with Crippen molar-refractivity contribution >= 4 is 17.3 Å².